The summed E-state index contributed by atoms with van der Waals surface area (Å²) in [4.78, 5) is 44.0. The number of rotatable bonds is 6. The van der Waals surface area contributed by atoms with E-state index in [-0.39, 0.29) is 23.2 Å². The van der Waals surface area contributed by atoms with Crippen LogP contribution in [0.25, 0.3) is 5.76 Å². The van der Waals surface area contributed by atoms with Gasteiger partial charge in [0.15, 0.2) is 0 Å². The quantitative estimate of drug-likeness (QED) is 0.277. The molecule has 0 spiro atoms. The van der Waals surface area contributed by atoms with Crippen LogP contribution in [0.4, 0.5) is 11.4 Å². The van der Waals surface area contributed by atoms with Gasteiger partial charge in [0.05, 0.1) is 18.4 Å². The summed E-state index contributed by atoms with van der Waals surface area (Å²) in [6.07, 6.45) is 1.57. The van der Waals surface area contributed by atoms with Gasteiger partial charge in [0, 0.05) is 30.1 Å². The third-order valence-corrected chi connectivity index (χ3v) is 6.33. The summed E-state index contributed by atoms with van der Waals surface area (Å²) >= 11 is 0. The van der Waals surface area contributed by atoms with E-state index in [9.17, 15) is 19.5 Å². The van der Waals surface area contributed by atoms with E-state index >= 15 is 0 Å². The van der Waals surface area contributed by atoms with Crippen molar-refractivity contribution in [2.75, 3.05) is 17.3 Å². The van der Waals surface area contributed by atoms with Crippen LogP contribution < -0.4 is 15.0 Å². The van der Waals surface area contributed by atoms with E-state index in [1.807, 2.05) is 26.8 Å². The van der Waals surface area contributed by atoms with Crippen molar-refractivity contribution in [2.24, 2.45) is 0 Å². The van der Waals surface area contributed by atoms with Gasteiger partial charge < -0.3 is 15.2 Å². The highest BCUT2D eigenvalue weighted by molar-refractivity contribution is 6.51. The van der Waals surface area contributed by atoms with Gasteiger partial charge in [0.1, 0.15) is 17.6 Å². The highest BCUT2D eigenvalue weighted by Crippen LogP contribution is 2.43. The molecule has 0 aliphatic carbocycles. The average molecular weight is 500 g/mol. The molecule has 8 nitrogen and oxygen atoms in total. The Balaban J connectivity index is 1.91. The maximum absolute atomic E-state index is 13.4. The van der Waals surface area contributed by atoms with Crippen molar-refractivity contribution in [2.45, 2.75) is 39.7 Å². The summed E-state index contributed by atoms with van der Waals surface area (Å²) in [5.74, 6) is -1.30. The molecule has 190 valence electrons. The van der Waals surface area contributed by atoms with Gasteiger partial charge in [-0.15, -0.1) is 0 Å². The lowest BCUT2D eigenvalue weighted by Crippen LogP contribution is -2.29. The summed E-state index contributed by atoms with van der Waals surface area (Å²) in [6.45, 7) is 7.23. The van der Waals surface area contributed by atoms with Crippen molar-refractivity contribution in [1.82, 2.24) is 4.98 Å². The predicted molar refractivity (Wildman–Crippen MR) is 142 cm³/mol. The average Bonchev–Trinajstić information content (AvgIpc) is 3.14. The van der Waals surface area contributed by atoms with E-state index in [2.05, 4.69) is 10.3 Å². The van der Waals surface area contributed by atoms with Gasteiger partial charge in [0.2, 0.25) is 5.91 Å². The molecule has 2 amide bonds. The lowest BCUT2D eigenvalue weighted by atomic mass is 9.92. The molecule has 1 aliphatic rings. The normalized spacial score (nSPS) is 16.8. The number of methoxy groups -OCH3 is 1. The second-order valence-corrected chi connectivity index (χ2v) is 9.22. The minimum Gasteiger partial charge on any atom is -0.507 e. The third-order valence-electron chi connectivity index (χ3n) is 6.33. The van der Waals surface area contributed by atoms with E-state index in [1.54, 1.807) is 61.8 Å². The van der Waals surface area contributed by atoms with Crippen LogP contribution in [-0.4, -0.2) is 34.8 Å². The number of ketones is 1. The number of anilines is 2. The van der Waals surface area contributed by atoms with Crippen LogP contribution >= 0.6 is 0 Å². The Morgan fingerprint density at radius 2 is 1.81 bits per heavy atom. The van der Waals surface area contributed by atoms with Gasteiger partial charge in [0.25, 0.3) is 11.7 Å². The summed E-state index contributed by atoms with van der Waals surface area (Å²) in [7, 11) is 1.59. The third kappa shape index (κ3) is 4.82. The Morgan fingerprint density at radius 1 is 1.11 bits per heavy atom. The van der Waals surface area contributed by atoms with E-state index < -0.39 is 17.7 Å². The van der Waals surface area contributed by atoms with Crippen LogP contribution in [0.15, 0.2) is 66.4 Å². The zero-order chi connectivity index (χ0) is 26.9. The van der Waals surface area contributed by atoms with E-state index in [0.717, 1.165) is 5.56 Å². The minimum absolute atomic E-state index is 0.0439. The van der Waals surface area contributed by atoms with Gasteiger partial charge in [-0.05, 0) is 72.5 Å². The van der Waals surface area contributed by atoms with E-state index in [0.29, 0.717) is 33.9 Å². The highest BCUT2D eigenvalue weighted by atomic mass is 16.5. The number of nitrogens with one attached hydrogen (secondary N) is 1. The van der Waals surface area contributed by atoms with Crippen molar-refractivity contribution < 1.29 is 24.2 Å². The smallest absolute Gasteiger partial charge is 0.300 e. The van der Waals surface area contributed by atoms with Crippen LogP contribution in [0.3, 0.4) is 0 Å². The van der Waals surface area contributed by atoms with Crippen molar-refractivity contribution in [3.05, 3.63) is 88.8 Å². The number of aliphatic hydroxyl groups excluding tert-OH is 1. The van der Waals surface area contributed by atoms with Crippen LogP contribution in [0.1, 0.15) is 55.1 Å². The molecule has 4 rings (SSSR count). The molecule has 0 bridgehead atoms. The van der Waals surface area contributed by atoms with Gasteiger partial charge in [-0.1, -0.05) is 19.9 Å². The first-order chi connectivity index (χ1) is 17.6. The number of carbonyl (C=O) groups is 3. The number of nitrogens with zero attached hydrogens (tertiary/aromatic N) is 2. The molecule has 0 radical (unpaired) electrons. The second-order valence-electron chi connectivity index (χ2n) is 9.22. The van der Waals surface area contributed by atoms with Gasteiger partial charge in [-0.2, -0.15) is 0 Å². The molecule has 8 heteroatoms. The summed E-state index contributed by atoms with van der Waals surface area (Å²) in [5, 5.41) is 14.2. The number of amides is 2. The monoisotopic (exact) mass is 499 g/mol. The Kier molecular flexibility index (Phi) is 7.11. The van der Waals surface area contributed by atoms with Gasteiger partial charge in [-0.3, -0.25) is 24.3 Å². The number of carbonyl (C=O) groups excluding carboxylic acids is 3. The van der Waals surface area contributed by atoms with Crippen molar-refractivity contribution in [3.8, 4) is 5.75 Å². The molecule has 1 aliphatic heterocycles. The lowest BCUT2D eigenvalue weighted by Gasteiger charge is -2.25. The molecule has 1 atom stereocenters. The first kappa shape index (κ1) is 25.6. The fourth-order valence-electron chi connectivity index (χ4n) is 4.55. The topological polar surface area (TPSA) is 109 Å². The molecular weight excluding hydrogens is 470 g/mol. The van der Waals surface area contributed by atoms with E-state index in [1.165, 1.54) is 11.8 Å². The molecule has 1 saturated heterocycles. The number of aliphatic hydroxyl groups is 1. The molecule has 2 heterocycles. The molecule has 0 saturated carbocycles. The van der Waals surface area contributed by atoms with Crippen LogP contribution in [0.5, 0.6) is 5.75 Å². The molecule has 2 aromatic carbocycles. The maximum atomic E-state index is 13.4. The Bertz CT molecular complexity index is 1400. The minimum atomic E-state index is -0.947. The number of ether oxygens (including phenoxy) is 1. The molecule has 1 aromatic heterocycles. The van der Waals surface area contributed by atoms with Crippen LogP contribution in [-0.2, 0) is 14.4 Å². The molecule has 1 unspecified atom stereocenters. The number of aryl methyl sites for hydroxylation is 1. The number of pyridine rings is 1. The first-order valence-corrected chi connectivity index (χ1v) is 11.9. The van der Waals surface area contributed by atoms with Crippen LogP contribution in [0.2, 0.25) is 0 Å². The number of hydrogen-bond donors (Lipinski definition) is 2. The van der Waals surface area contributed by atoms with E-state index in [4.69, 9.17) is 4.74 Å². The Morgan fingerprint density at radius 3 is 2.38 bits per heavy atom. The molecule has 37 heavy (non-hydrogen) atoms. The van der Waals surface area contributed by atoms with Gasteiger partial charge >= 0.3 is 0 Å². The second kappa shape index (κ2) is 10.3. The first-order valence-electron chi connectivity index (χ1n) is 11.9. The fraction of sp³-hybridized carbons (Fsp3) is 0.241. The standard InChI is InChI=1S/C29H29N3O5/c1-16(2)21-15-22(17(3)14-24(21)37-5)27(34)25-26(23-8-6-7-13-30-23)32(29(36)28(25)35)20-11-9-19(10-12-20)31-18(4)33/h6-16,26,34H,1-5H3,(H,31,33)/b27-25+. The summed E-state index contributed by atoms with van der Waals surface area (Å²) < 4.78 is 5.52. The molecular formula is C29H29N3O5. The summed E-state index contributed by atoms with van der Waals surface area (Å²) in [6, 6.07) is 14.5. The van der Waals surface area contributed by atoms with Crippen molar-refractivity contribution in [3.63, 3.8) is 0 Å². The zero-order valence-corrected chi connectivity index (χ0v) is 21.4. The van der Waals surface area contributed by atoms with Crippen molar-refractivity contribution in [1.29, 1.82) is 0 Å². The lowest BCUT2D eigenvalue weighted by molar-refractivity contribution is -0.132. The summed E-state index contributed by atoms with van der Waals surface area (Å²) in [5.41, 5.74) is 3.39. The Hall–Kier alpha value is -4.46. The van der Waals surface area contributed by atoms with Gasteiger partial charge in [-0.25, -0.2) is 0 Å². The number of hydrogen-bond acceptors (Lipinski definition) is 6. The molecule has 3 aromatic rings. The fourth-order valence-corrected chi connectivity index (χ4v) is 4.55. The number of benzene rings is 2. The van der Waals surface area contributed by atoms with Crippen LogP contribution in [0, 0.1) is 6.92 Å². The highest BCUT2D eigenvalue weighted by Gasteiger charge is 2.47. The predicted octanol–water partition coefficient (Wildman–Crippen LogP) is 5.11. The SMILES string of the molecule is COc1cc(C)c(/C(O)=C2\C(=O)C(=O)N(c3ccc(NC(C)=O)cc3)C2c2ccccn2)cc1C(C)C. The molecule has 2 N–H and O–H groups in total. The number of Topliss-reactive ketones (excluding diaryl/α,β-unsaturated/α-hetero) is 1. The largest absolute Gasteiger partial charge is 0.507 e. The zero-order valence-electron chi connectivity index (χ0n) is 21.4. The maximum Gasteiger partial charge on any atom is 0.300 e. The Labute approximate surface area is 215 Å². The van der Waals surface area contributed by atoms with Crippen molar-refractivity contribution >= 4 is 34.7 Å². The number of aromatic nitrogens is 1. The molecule has 1 fully saturated rings.